The third kappa shape index (κ3) is 2.47. The number of aromatic carboxylic acids is 1. The maximum atomic E-state index is 13.6. The van der Waals surface area contributed by atoms with Crippen molar-refractivity contribution in [2.24, 2.45) is 11.8 Å². The van der Waals surface area contributed by atoms with Crippen molar-refractivity contribution in [3.05, 3.63) is 29.6 Å². The van der Waals surface area contributed by atoms with Crippen LogP contribution < -0.4 is 4.90 Å². The van der Waals surface area contributed by atoms with Gasteiger partial charge >= 0.3 is 5.97 Å². The molecule has 1 N–H and O–H groups in total. The first kappa shape index (κ1) is 12.9. The molecule has 1 aromatic rings. The molecule has 1 aliphatic heterocycles. The van der Waals surface area contributed by atoms with E-state index in [2.05, 4.69) is 13.8 Å². The van der Waals surface area contributed by atoms with Crippen molar-refractivity contribution in [1.82, 2.24) is 0 Å². The number of benzene rings is 1. The Kier molecular flexibility index (Phi) is 3.55. The molecule has 0 radical (unpaired) electrons. The lowest BCUT2D eigenvalue weighted by Gasteiger charge is -2.37. The largest absolute Gasteiger partial charge is 0.478 e. The maximum Gasteiger partial charge on any atom is 0.340 e. The van der Waals surface area contributed by atoms with Crippen LogP contribution in [0.25, 0.3) is 0 Å². The topological polar surface area (TPSA) is 40.5 Å². The molecule has 0 amide bonds. The number of piperidine rings is 1. The van der Waals surface area contributed by atoms with Crippen molar-refractivity contribution in [1.29, 1.82) is 0 Å². The normalized spacial score (nSPS) is 24.1. The Hall–Kier alpha value is -1.58. The van der Waals surface area contributed by atoms with E-state index in [0.717, 1.165) is 19.5 Å². The number of nitrogens with zero attached hydrogens (tertiary/aromatic N) is 1. The van der Waals surface area contributed by atoms with Gasteiger partial charge in [-0.3, -0.25) is 0 Å². The maximum absolute atomic E-state index is 13.6. The van der Waals surface area contributed by atoms with Gasteiger partial charge in [0.2, 0.25) is 0 Å². The van der Waals surface area contributed by atoms with Crippen LogP contribution in [0, 0.1) is 17.7 Å². The van der Waals surface area contributed by atoms with Crippen LogP contribution in [0.5, 0.6) is 0 Å². The van der Waals surface area contributed by atoms with E-state index < -0.39 is 11.8 Å². The van der Waals surface area contributed by atoms with Crippen LogP contribution in [-0.2, 0) is 0 Å². The summed E-state index contributed by atoms with van der Waals surface area (Å²) >= 11 is 0. The van der Waals surface area contributed by atoms with Gasteiger partial charge in [-0.2, -0.15) is 0 Å². The molecule has 1 aromatic carbocycles. The molecule has 1 saturated heterocycles. The Balaban J connectivity index is 2.38. The Morgan fingerprint density at radius 2 is 1.94 bits per heavy atom. The predicted molar refractivity (Wildman–Crippen MR) is 68.5 cm³/mol. The lowest BCUT2D eigenvalue weighted by atomic mass is 9.91. The Morgan fingerprint density at radius 3 is 2.50 bits per heavy atom. The quantitative estimate of drug-likeness (QED) is 0.878. The third-order valence-electron chi connectivity index (χ3n) is 3.42. The summed E-state index contributed by atoms with van der Waals surface area (Å²) in [5.74, 6) is -0.864. The number of rotatable bonds is 2. The number of carbonyl (C=O) groups is 1. The van der Waals surface area contributed by atoms with Crippen LogP contribution in [0.1, 0.15) is 30.6 Å². The minimum absolute atomic E-state index is 0.209. The molecule has 18 heavy (non-hydrogen) atoms. The van der Waals surface area contributed by atoms with Gasteiger partial charge in [0.25, 0.3) is 0 Å². The van der Waals surface area contributed by atoms with Crippen molar-refractivity contribution in [3.63, 3.8) is 0 Å². The molecule has 2 unspecified atom stereocenters. The molecule has 0 spiro atoms. The van der Waals surface area contributed by atoms with Gasteiger partial charge in [-0.25, -0.2) is 9.18 Å². The first-order valence-corrected chi connectivity index (χ1v) is 6.25. The summed E-state index contributed by atoms with van der Waals surface area (Å²) in [6.45, 7) is 5.85. The van der Waals surface area contributed by atoms with Crippen molar-refractivity contribution < 1.29 is 14.3 Å². The van der Waals surface area contributed by atoms with Crippen LogP contribution >= 0.6 is 0 Å². The zero-order chi connectivity index (χ0) is 13.3. The standard InChI is InChI=1S/C14H18FNO2/c1-9-6-10(2)8-16(7-9)12-5-3-4-11(15)13(12)14(17)18/h3-5,9-10H,6-8H2,1-2H3,(H,17,18). The summed E-state index contributed by atoms with van der Waals surface area (Å²) in [6.07, 6.45) is 1.13. The molecule has 0 saturated carbocycles. The fourth-order valence-corrected chi connectivity index (χ4v) is 2.85. The van der Waals surface area contributed by atoms with Crippen molar-refractivity contribution >= 4 is 11.7 Å². The van der Waals surface area contributed by atoms with Gasteiger partial charge in [0.1, 0.15) is 11.4 Å². The van der Waals surface area contributed by atoms with Gasteiger partial charge in [0.05, 0.1) is 5.69 Å². The van der Waals surface area contributed by atoms with Gasteiger partial charge < -0.3 is 10.0 Å². The molecule has 3 nitrogen and oxygen atoms in total. The highest BCUT2D eigenvalue weighted by Crippen LogP contribution is 2.29. The number of halogens is 1. The van der Waals surface area contributed by atoms with E-state index in [4.69, 9.17) is 5.11 Å². The van der Waals surface area contributed by atoms with Crippen molar-refractivity contribution in [2.45, 2.75) is 20.3 Å². The zero-order valence-corrected chi connectivity index (χ0v) is 10.7. The zero-order valence-electron chi connectivity index (χ0n) is 10.7. The second-order valence-corrected chi connectivity index (χ2v) is 5.29. The summed E-state index contributed by atoms with van der Waals surface area (Å²) in [5.41, 5.74) is 0.291. The first-order chi connectivity index (χ1) is 8.49. The molecular formula is C14H18FNO2. The fraction of sp³-hybridized carbons (Fsp3) is 0.500. The smallest absolute Gasteiger partial charge is 0.340 e. The van der Waals surface area contributed by atoms with Gasteiger partial charge in [-0.15, -0.1) is 0 Å². The second kappa shape index (κ2) is 4.96. The van der Waals surface area contributed by atoms with E-state index in [1.165, 1.54) is 6.07 Å². The summed E-state index contributed by atoms with van der Waals surface area (Å²) in [6, 6.07) is 4.46. The Labute approximate surface area is 106 Å². The average Bonchev–Trinajstić information content (AvgIpc) is 2.26. The lowest BCUT2D eigenvalue weighted by molar-refractivity contribution is 0.0692. The summed E-state index contributed by atoms with van der Waals surface area (Å²) in [5, 5.41) is 9.14. The van der Waals surface area contributed by atoms with Crippen LogP contribution in [0.3, 0.4) is 0 Å². The molecule has 2 rings (SSSR count). The highest BCUT2D eigenvalue weighted by Gasteiger charge is 2.26. The number of anilines is 1. The molecular weight excluding hydrogens is 233 g/mol. The van der Waals surface area contributed by atoms with Crippen LogP contribution in [0.4, 0.5) is 10.1 Å². The summed E-state index contributed by atoms with van der Waals surface area (Å²) in [7, 11) is 0. The van der Waals surface area contributed by atoms with Gasteiger partial charge in [-0.05, 0) is 30.4 Å². The lowest BCUT2D eigenvalue weighted by Crippen LogP contribution is -2.39. The van der Waals surface area contributed by atoms with E-state index in [9.17, 15) is 9.18 Å². The minimum atomic E-state index is -1.20. The molecule has 1 heterocycles. The molecule has 1 fully saturated rings. The summed E-state index contributed by atoms with van der Waals surface area (Å²) < 4.78 is 13.6. The van der Waals surface area contributed by atoms with Crippen molar-refractivity contribution in [3.8, 4) is 0 Å². The second-order valence-electron chi connectivity index (χ2n) is 5.29. The monoisotopic (exact) mass is 251 g/mol. The molecule has 0 bridgehead atoms. The van der Waals surface area contributed by atoms with Gasteiger partial charge in [0, 0.05) is 13.1 Å². The Morgan fingerprint density at radius 1 is 1.33 bits per heavy atom. The van der Waals surface area contributed by atoms with Crippen molar-refractivity contribution in [2.75, 3.05) is 18.0 Å². The van der Waals surface area contributed by atoms with Crippen LogP contribution in [-0.4, -0.2) is 24.2 Å². The highest BCUT2D eigenvalue weighted by molar-refractivity contribution is 5.94. The summed E-state index contributed by atoms with van der Waals surface area (Å²) in [4.78, 5) is 13.2. The van der Waals surface area contributed by atoms with E-state index in [0.29, 0.717) is 17.5 Å². The predicted octanol–water partition coefficient (Wildman–Crippen LogP) is 3.01. The fourth-order valence-electron chi connectivity index (χ4n) is 2.85. The van der Waals surface area contributed by atoms with Crippen LogP contribution in [0.15, 0.2) is 18.2 Å². The van der Waals surface area contributed by atoms with E-state index >= 15 is 0 Å². The SMILES string of the molecule is CC1CC(C)CN(c2cccc(F)c2C(=O)O)C1. The average molecular weight is 251 g/mol. The number of hydrogen-bond donors (Lipinski definition) is 1. The van der Waals surface area contributed by atoms with E-state index in [1.54, 1.807) is 12.1 Å². The first-order valence-electron chi connectivity index (χ1n) is 6.25. The molecule has 4 heteroatoms. The van der Waals surface area contributed by atoms with E-state index in [1.807, 2.05) is 4.90 Å². The Bertz CT molecular complexity index is 451. The molecule has 0 aromatic heterocycles. The number of carboxylic acids is 1. The minimum Gasteiger partial charge on any atom is -0.478 e. The number of carboxylic acid groups (broad SMARTS) is 1. The third-order valence-corrected chi connectivity index (χ3v) is 3.42. The van der Waals surface area contributed by atoms with Gasteiger partial charge in [-0.1, -0.05) is 19.9 Å². The number of hydrogen-bond acceptors (Lipinski definition) is 2. The van der Waals surface area contributed by atoms with Crippen LogP contribution in [0.2, 0.25) is 0 Å². The van der Waals surface area contributed by atoms with Gasteiger partial charge in [0.15, 0.2) is 0 Å². The highest BCUT2D eigenvalue weighted by atomic mass is 19.1. The molecule has 1 aliphatic rings. The van der Waals surface area contributed by atoms with E-state index in [-0.39, 0.29) is 5.56 Å². The molecule has 0 aliphatic carbocycles. The molecule has 98 valence electrons. The molecule has 2 atom stereocenters.